The molecule has 1 aliphatic rings. The van der Waals surface area contributed by atoms with Gasteiger partial charge >= 0.3 is 0 Å². The van der Waals surface area contributed by atoms with Crippen LogP contribution in [0.4, 0.5) is 11.8 Å². The van der Waals surface area contributed by atoms with E-state index in [0.717, 1.165) is 16.7 Å². The smallest absolute Gasteiger partial charge is 0.240 e. The van der Waals surface area contributed by atoms with E-state index in [2.05, 4.69) is 21.1 Å². The van der Waals surface area contributed by atoms with Crippen LogP contribution in [-0.2, 0) is 44.4 Å². The van der Waals surface area contributed by atoms with Crippen molar-refractivity contribution in [1.29, 1.82) is 5.26 Å². The monoisotopic (exact) mass is 591 g/mol. The van der Waals surface area contributed by atoms with Gasteiger partial charge in [0, 0.05) is 0 Å². The van der Waals surface area contributed by atoms with Crippen molar-refractivity contribution in [2.24, 2.45) is 0 Å². The largest absolute Gasteiger partial charge is 0.380 e. The highest BCUT2D eigenvalue weighted by Crippen LogP contribution is 2.51. The molecule has 11 heteroatoms. The summed E-state index contributed by atoms with van der Waals surface area (Å²) in [5, 5.41) is 15.4. The molecule has 44 heavy (non-hydrogen) atoms. The Kier molecular flexibility index (Phi) is 8.23. The summed E-state index contributed by atoms with van der Waals surface area (Å²) in [4.78, 5) is 8.45. The molecule has 4 N–H and O–H groups in total. The number of benzene rings is 3. The molecule has 0 aliphatic carbocycles. The van der Waals surface area contributed by atoms with Crippen LogP contribution in [0.15, 0.2) is 97.2 Å². The van der Waals surface area contributed by atoms with E-state index in [4.69, 9.17) is 30.4 Å². The maximum absolute atomic E-state index is 11.0. The molecule has 0 spiro atoms. The van der Waals surface area contributed by atoms with E-state index in [1.54, 1.807) is 0 Å². The van der Waals surface area contributed by atoms with Gasteiger partial charge < -0.3 is 30.4 Å². The van der Waals surface area contributed by atoms with Crippen molar-refractivity contribution < 1.29 is 18.9 Å². The minimum atomic E-state index is -1.77. The van der Waals surface area contributed by atoms with Crippen LogP contribution in [0.25, 0.3) is 5.65 Å². The van der Waals surface area contributed by atoms with E-state index in [1.807, 2.05) is 97.9 Å². The fraction of sp³-hybridized carbons (Fsp3) is 0.273. The molecule has 1 saturated heterocycles. The van der Waals surface area contributed by atoms with E-state index in [0.29, 0.717) is 6.61 Å². The second kappa shape index (κ2) is 12.4. The number of nitriles is 1. The maximum Gasteiger partial charge on any atom is 0.240 e. The lowest BCUT2D eigenvalue weighted by molar-refractivity contribution is -0.168. The molecule has 1 unspecified atom stereocenters. The average Bonchev–Trinajstić information content (AvgIpc) is 3.58. The van der Waals surface area contributed by atoms with Crippen LogP contribution in [0, 0.1) is 11.3 Å². The van der Waals surface area contributed by atoms with E-state index in [9.17, 15) is 5.26 Å². The Bertz CT molecular complexity index is 1750. The number of aromatic nitrogens is 4. The zero-order valence-electron chi connectivity index (χ0n) is 24.2. The molecule has 224 valence electrons. The first-order chi connectivity index (χ1) is 21.4. The van der Waals surface area contributed by atoms with Gasteiger partial charge in [0.25, 0.3) is 0 Å². The lowest BCUT2D eigenvalue weighted by Gasteiger charge is -2.39. The van der Waals surface area contributed by atoms with Gasteiger partial charge in [0.1, 0.15) is 29.6 Å². The molecule has 1 aliphatic heterocycles. The zero-order valence-corrected chi connectivity index (χ0v) is 24.2. The number of hydrogen-bond acceptors (Lipinski definition) is 10. The first-order valence-corrected chi connectivity index (χ1v) is 14.2. The Hall–Kier alpha value is -4.86. The predicted molar refractivity (Wildman–Crippen MR) is 163 cm³/mol. The minimum absolute atomic E-state index is 0.0707. The second-order valence-electron chi connectivity index (χ2n) is 10.8. The van der Waals surface area contributed by atoms with Crippen molar-refractivity contribution in [3.05, 3.63) is 120 Å². The van der Waals surface area contributed by atoms with Crippen LogP contribution in [-0.4, -0.2) is 44.0 Å². The van der Waals surface area contributed by atoms with E-state index in [-0.39, 0.29) is 42.9 Å². The molecule has 11 nitrogen and oxygen atoms in total. The van der Waals surface area contributed by atoms with Crippen molar-refractivity contribution in [3.8, 4) is 6.07 Å². The quantitative estimate of drug-likeness (QED) is 0.228. The van der Waals surface area contributed by atoms with Gasteiger partial charge in [-0.3, -0.25) is 0 Å². The maximum atomic E-state index is 11.0. The molecule has 0 amide bonds. The van der Waals surface area contributed by atoms with Crippen LogP contribution in [0.1, 0.15) is 29.3 Å². The summed E-state index contributed by atoms with van der Waals surface area (Å²) in [6.07, 6.45) is 0.0167. The topological polar surface area (TPSA) is 156 Å². The highest BCUT2D eigenvalue weighted by molar-refractivity contribution is 5.61. The average molecular weight is 592 g/mol. The second-order valence-corrected chi connectivity index (χ2v) is 10.8. The number of anilines is 2. The number of hydrogen-bond donors (Lipinski definition) is 2. The number of rotatable bonds is 11. The first kappa shape index (κ1) is 29.2. The van der Waals surface area contributed by atoms with Gasteiger partial charge in [0.05, 0.1) is 32.6 Å². The fourth-order valence-electron chi connectivity index (χ4n) is 5.64. The number of nitrogens with two attached hydrogens (primary N) is 2. The first-order valence-electron chi connectivity index (χ1n) is 14.2. The van der Waals surface area contributed by atoms with Crippen molar-refractivity contribution >= 4 is 17.4 Å². The standard InChI is InChI=1S/C33H33N7O4/c1-32(43-20-25-15-9-4-10-16-25)28(42-19-24-13-7-3-8-14-24)26(21-41-18-23-11-5-2-6-12-23)44-33(32,22-34)27-17-37-30-29(35)38-31(36)39-40(27)30/h2-17,26,28H,18-21H2,1H3,(H4,35,36,38,39)/t26-,28-,32-,33?/m1/s1. The molecule has 3 heterocycles. The van der Waals surface area contributed by atoms with Crippen LogP contribution >= 0.6 is 0 Å². The van der Waals surface area contributed by atoms with E-state index < -0.39 is 23.4 Å². The van der Waals surface area contributed by atoms with Crippen molar-refractivity contribution in [3.63, 3.8) is 0 Å². The Balaban J connectivity index is 1.43. The minimum Gasteiger partial charge on any atom is -0.380 e. The van der Waals surface area contributed by atoms with E-state index >= 15 is 0 Å². The molecule has 6 rings (SSSR count). The van der Waals surface area contributed by atoms with Crippen LogP contribution in [0.2, 0.25) is 0 Å². The summed E-state index contributed by atoms with van der Waals surface area (Å²) >= 11 is 0. The van der Waals surface area contributed by atoms with E-state index in [1.165, 1.54) is 10.7 Å². The van der Waals surface area contributed by atoms with Crippen molar-refractivity contribution in [2.45, 2.75) is 50.2 Å². The molecule has 0 bridgehead atoms. The van der Waals surface area contributed by atoms with Gasteiger partial charge in [-0.2, -0.15) is 10.2 Å². The summed E-state index contributed by atoms with van der Waals surface area (Å²) < 4.78 is 27.7. The summed E-state index contributed by atoms with van der Waals surface area (Å²) in [5.41, 5.74) is 12.3. The van der Waals surface area contributed by atoms with Gasteiger partial charge in [-0.25, -0.2) is 9.50 Å². The zero-order chi connectivity index (χ0) is 30.6. The normalized spacial score (nSPS) is 23.1. The van der Waals surface area contributed by atoms with Gasteiger partial charge in [-0.1, -0.05) is 91.0 Å². The molecule has 2 aromatic heterocycles. The Morgan fingerprint density at radius 2 is 1.48 bits per heavy atom. The molecule has 3 aromatic carbocycles. The number of ether oxygens (including phenoxy) is 4. The molecule has 1 fully saturated rings. The highest BCUT2D eigenvalue weighted by Gasteiger charge is 2.68. The highest BCUT2D eigenvalue weighted by atomic mass is 16.6. The number of nitrogen functional groups attached to an aromatic ring is 2. The number of imidazole rings is 1. The lowest BCUT2D eigenvalue weighted by atomic mass is 9.79. The number of fused-ring (bicyclic) bond motifs is 1. The van der Waals surface area contributed by atoms with Gasteiger partial charge in [-0.05, 0) is 23.6 Å². The fourth-order valence-corrected chi connectivity index (χ4v) is 5.64. The number of nitrogens with zero attached hydrogens (tertiary/aromatic N) is 5. The Labute approximate surface area is 255 Å². The molecule has 0 saturated carbocycles. The SMILES string of the molecule is C[C@@]1(OCc2ccccc2)[C@H](OCc2ccccc2)[C@@H](COCc2ccccc2)OC1(C#N)c1cnc2c(N)nc(N)nn12. The van der Waals surface area contributed by atoms with Crippen molar-refractivity contribution in [1.82, 2.24) is 19.6 Å². The summed E-state index contributed by atoms with van der Waals surface area (Å²) in [5.74, 6) is -0.00627. The predicted octanol–water partition coefficient (Wildman–Crippen LogP) is 4.18. The third kappa shape index (κ3) is 5.47. The molecule has 4 atom stereocenters. The molecular weight excluding hydrogens is 558 g/mol. The van der Waals surface area contributed by atoms with Crippen LogP contribution in [0.5, 0.6) is 0 Å². The summed E-state index contributed by atoms with van der Waals surface area (Å²) in [6.45, 7) is 2.73. The Morgan fingerprint density at radius 1 is 0.886 bits per heavy atom. The van der Waals surface area contributed by atoms with Crippen LogP contribution < -0.4 is 11.5 Å². The lowest BCUT2D eigenvalue weighted by Crippen LogP contribution is -2.55. The van der Waals surface area contributed by atoms with Crippen LogP contribution in [0.3, 0.4) is 0 Å². The third-order valence-corrected chi connectivity index (χ3v) is 7.88. The molecular formula is C33H33N7O4. The van der Waals surface area contributed by atoms with Crippen molar-refractivity contribution in [2.75, 3.05) is 18.1 Å². The van der Waals surface area contributed by atoms with Gasteiger partial charge in [0.15, 0.2) is 11.5 Å². The Morgan fingerprint density at radius 3 is 2.09 bits per heavy atom. The third-order valence-electron chi connectivity index (χ3n) is 7.88. The summed E-state index contributed by atoms with van der Waals surface area (Å²) in [6, 6.07) is 31.7. The van der Waals surface area contributed by atoms with Gasteiger partial charge in [-0.15, -0.1) is 5.10 Å². The van der Waals surface area contributed by atoms with Gasteiger partial charge in [0.2, 0.25) is 11.5 Å². The molecule has 0 radical (unpaired) electrons. The summed E-state index contributed by atoms with van der Waals surface area (Å²) in [7, 11) is 0. The molecule has 5 aromatic rings.